The molecule has 0 amide bonds. The summed E-state index contributed by atoms with van der Waals surface area (Å²) < 4.78 is 5.44. The lowest BCUT2D eigenvalue weighted by Crippen LogP contribution is -2.58. The Bertz CT molecular complexity index is 387. The van der Waals surface area contributed by atoms with Gasteiger partial charge in [0.25, 0.3) is 0 Å². The van der Waals surface area contributed by atoms with Crippen molar-refractivity contribution in [3.8, 4) is 0 Å². The van der Waals surface area contributed by atoms with Gasteiger partial charge in [-0.1, -0.05) is 12.1 Å². The minimum atomic E-state index is 0.228. The Morgan fingerprint density at radius 1 is 1.11 bits per heavy atom. The van der Waals surface area contributed by atoms with Crippen LogP contribution in [0.1, 0.15) is 18.4 Å². The Labute approximate surface area is 108 Å². The average molecular weight is 247 g/mol. The number of aliphatic hydroxyl groups excluding tert-OH is 1. The summed E-state index contributed by atoms with van der Waals surface area (Å²) in [5, 5.41) is 8.90. The molecule has 1 N–H and O–H groups in total. The normalized spacial score (nSPS) is 21.9. The zero-order chi connectivity index (χ0) is 12.4. The number of benzene rings is 1. The van der Waals surface area contributed by atoms with Crippen molar-refractivity contribution < 1.29 is 9.84 Å². The van der Waals surface area contributed by atoms with E-state index in [-0.39, 0.29) is 6.61 Å². The van der Waals surface area contributed by atoms with Crippen LogP contribution in [-0.2, 0) is 11.2 Å². The summed E-state index contributed by atoms with van der Waals surface area (Å²) in [6, 6.07) is 8.61. The monoisotopic (exact) mass is 247 g/mol. The molecule has 2 heterocycles. The van der Waals surface area contributed by atoms with Crippen LogP contribution in [0.4, 0.5) is 5.69 Å². The van der Waals surface area contributed by atoms with Crippen molar-refractivity contribution in [2.45, 2.75) is 19.3 Å². The number of aliphatic hydroxyl groups is 1. The van der Waals surface area contributed by atoms with Crippen LogP contribution in [0.5, 0.6) is 0 Å². The van der Waals surface area contributed by atoms with Gasteiger partial charge >= 0.3 is 0 Å². The maximum Gasteiger partial charge on any atom is 0.0472 e. The Hall–Kier alpha value is -1.06. The molecule has 3 rings (SSSR count). The van der Waals surface area contributed by atoms with E-state index in [2.05, 4.69) is 29.2 Å². The molecule has 3 nitrogen and oxygen atoms in total. The zero-order valence-corrected chi connectivity index (χ0v) is 10.8. The first kappa shape index (κ1) is 12.0. The molecular formula is C15H21NO2. The minimum Gasteiger partial charge on any atom is -0.396 e. The highest BCUT2D eigenvalue weighted by molar-refractivity contribution is 5.51. The third-order valence-electron chi connectivity index (χ3n) is 4.31. The van der Waals surface area contributed by atoms with Gasteiger partial charge in [0.15, 0.2) is 0 Å². The summed E-state index contributed by atoms with van der Waals surface area (Å²) in [5.74, 6) is 0. The van der Waals surface area contributed by atoms with Crippen LogP contribution in [0, 0.1) is 5.41 Å². The molecule has 0 aromatic heterocycles. The van der Waals surface area contributed by atoms with Gasteiger partial charge in [0.2, 0.25) is 0 Å². The summed E-state index contributed by atoms with van der Waals surface area (Å²) in [6.45, 7) is 4.45. The van der Waals surface area contributed by atoms with Gasteiger partial charge in [-0.2, -0.15) is 0 Å². The molecule has 3 heteroatoms. The van der Waals surface area contributed by atoms with Gasteiger partial charge in [-0.25, -0.2) is 0 Å². The third-order valence-corrected chi connectivity index (χ3v) is 4.31. The lowest BCUT2D eigenvalue weighted by molar-refractivity contribution is -0.000190. The fourth-order valence-electron chi connectivity index (χ4n) is 3.07. The third kappa shape index (κ3) is 2.25. The van der Waals surface area contributed by atoms with Crippen LogP contribution in [0.2, 0.25) is 0 Å². The van der Waals surface area contributed by atoms with E-state index < -0.39 is 0 Å². The Balaban J connectivity index is 1.60. The van der Waals surface area contributed by atoms with Crippen LogP contribution in [0.25, 0.3) is 0 Å². The molecular weight excluding hydrogens is 226 g/mol. The minimum absolute atomic E-state index is 0.228. The van der Waals surface area contributed by atoms with Crippen LogP contribution < -0.4 is 4.90 Å². The van der Waals surface area contributed by atoms with Gasteiger partial charge in [-0.3, -0.25) is 0 Å². The summed E-state index contributed by atoms with van der Waals surface area (Å²) in [6.07, 6.45) is 3.18. The molecule has 0 atom stereocenters. The molecule has 2 aliphatic rings. The second kappa shape index (κ2) is 4.90. The maximum absolute atomic E-state index is 8.90. The molecule has 0 saturated carbocycles. The molecule has 1 spiro atoms. The number of nitrogens with zero attached hydrogens (tertiary/aromatic N) is 1. The molecule has 2 aliphatic heterocycles. The fourth-order valence-corrected chi connectivity index (χ4v) is 3.07. The van der Waals surface area contributed by atoms with E-state index in [4.69, 9.17) is 9.84 Å². The van der Waals surface area contributed by atoms with Gasteiger partial charge < -0.3 is 14.7 Å². The lowest BCUT2D eigenvalue weighted by atomic mass is 9.73. The van der Waals surface area contributed by atoms with E-state index in [1.165, 1.54) is 37.2 Å². The Morgan fingerprint density at radius 2 is 1.78 bits per heavy atom. The smallest absolute Gasteiger partial charge is 0.0472 e. The van der Waals surface area contributed by atoms with Crippen molar-refractivity contribution in [3.05, 3.63) is 29.8 Å². The lowest BCUT2D eigenvalue weighted by Gasteiger charge is -2.53. The molecule has 1 aromatic carbocycles. The highest BCUT2D eigenvalue weighted by atomic mass is 16.5. The van der Waals surface area contributed by atoms with Crippen molar-refractivity contribution in [2.24, 2.45) is 5.41 Å². The fraction of sp³-hybridized carbons (Fsp3) is 0.600. The van der Waals surface area contributed by atoms with Crippen LogP contribution in [0.3, 0.4) is 0 Å². The molecule has 0 radical (unpaired) electrons. The molecule has 2 saturated heterocycles. The summed E-state index contributed by atoms with van der Waals surface area (Å²) in [5.41, 5.74) is 3.05. The van der Waals surface area contributed by atoms with Gasteiger partial charge in [-0.15, -0.1) is 0 Å². The van der Waals surface area contributed by atoms with E-state index >= 15 is 0 Å². The van der Waals surface area contributed by atoms with E-state index in [0.29, 0.717) is 5.41 Å². The van der Waals surface area contributed by atoms with Crippen molar-refractivity contribution in [1.82, 2.24) is 0 Å². The molecule has 2 fully saturated rings. The SMILES string of the molecule is OCCc1ccc(N2CC3(CCOCC3)C2)cc1. The Kier molecular flexibility index (Phi) is 3.27. The number of anilines is 1. The zero-order valence-electron chi connectivity index (χ0n) is 10.8. The van der Waals surface area contributed by atoms with Gasteiger partial charge in [0.05, 0.1) is 0 Å². The highest BCUT2D eigenvalue weighted by Gasteiger charge is 2.43. The maximum atomic E-state index is 8.90. The van der Waals surface area contributed by atoms with Crippen molar-refractivity contribution in [3.63, 3.8) is 0 Å². The van der Waals surface area contributed by atoms with E-state index in [1.807, 2.05) is 0 Å². The molecule has 0 unspecified atom stereocenters. The van der Waals surface area contributed by atoms with Gasteiger partial charge in [0, 0.05) is 44.0 Å². The van der Waals surface area contributed by atoms with E-state index in [1.54, 1.807) is 0 Å². The number of hydrogen-bond donors (Lipinski definition) is 1. The van der Waals surface area contributed by atoms with Crippen LogP contribution in [0.15, 0.2) is 24.3 Å². The first-order chi connectivity index (χ1) is 8.81. The predicted molar refractivity (Wildman–Crippen MR) is 71.9 cm³/mol. The van der Waals surface area contributed by atoms with Gasteiger partial charge in [0.1, 0.15) is 0 Å². The molecule has 0 aliphatic carbocycles. The average Bonchev–Trinajstić information content (AvgIpc) is 2.38. The second-order valence-electron chi connectivity index (χ2n) is 5.61. The molecule has 18 heavy (non-hydrogen) atoms. The second-order valence-corrected chi connectivity index (χ2v) is 5.61. The van der Waals surface area contributed by atoms with Crippen LogP contribution >= 0.6 is 0 Å². The summed E-state index contributed by atoms with van der Waals surface area (Å²) in [4.78, 5) is 2.45. The molecule has 98 valence electrons. The van der Waals surface area contributed by atoms with Crippen molar-refractivity contribution in [2.75, 3.05) is 37.8 Å². The predicted octanol–water partition coefficient (Wildman–Crippen LogP) is 1.84. The van der Waals surface area contributed by atoms with Crippen molar-refractivity contribution in [1.29, 1.82) is 0 Å². The number of ether oxygens (including phenoxy) is 1. The topological polar surface area (TPSA) is 32.7 Å². The first-order valence-corrected chi connectivity index (χ1v) is 6.84. The van der Waals surface area contributed by atoms with E-state index in [0.717, 1.165) is 19.6 Å². The van der Waals surface area contributed by atoms with Crippen LogP contribution in [-0.4, -0.2) is 38.0 Å². The quantitative estimate of drug-likeness (QED) is 0.884. The largest absolute Gasteiger partial charge is 0.396 e. The summed E-state index contributed by atoms with van der Waals surface area (Å²) in [7, 11) is 0. The standard InChI is InChI=1S/C15H21NO2/c17-8-5-13-1-3-14(4-2-13)16-11-15(12-16)6-9-18-10-7-15/h1-4,17H,5-12H2. The van der Waals surface area contributed by atoms with E-state index in [9.17, 15) is 0 Å². The first-order valence-electron chi connectivity index (χ1n) is 6.84. The molecule has 0 bridgehead atoms. The highest BCUT2D eigenvalue weighted by Crippen LogP contribution is 2.41. The Morgan fingerprint density at radius 3 is 2.39 bits per heavy atom. The molecule has 1 aromatic rings. The number of hydrogen-bond acceptors (Lipinski definition) is 3. The summed E-state index contributed by atoms with van der Waals surface area (Å²) >= 11 is 0. The number of rotatable bonds is 3. The van der Waals surface area contributed by atoms with Crippen molar-refractivity contribution >= 4 is 5.69 Å². The van der Waals surface area contributed by atoms with Gasteiger partial charge in [-0.05, 0) is 37.0 Å².